The summed E-state index contributed by atoms with van der Waals surface area (Å²) in [5.74, 6) is 0.104. The van der Waals surface area contributed by atoms with Gasteiger partial charge in [0.05, 0.1) is 17.4 Å². The summed E-state index contributed by atoms with van der Waals surface area (Å²) >= 11 is 0. The minimum atomic E-state index is 0.104. The number of nitrogens with zero attached hydrogens (tertiary/aromatic N) is 4. The molecule has 2 fully saturated rings. The maximum atomic E-state index is 13.0. The summed E-state index contributed by atoms with van der Waals surface area (Å²) in [6.45, 7) is 9.70. The summed E-state index contributed by atoms with van der Waals surface area (Å²) in [4.78, 5) is 24.1. The highest BCUT2D eigenvalue weighted by Gasteiger charge is 2.24. The van der Waals surface area contributed by atoms with Crippen molar-refractivity contribution < 1.29 is 4.79 Å². The fourth-order valence-electron chi connectivity index (χ4n) is 4.28. The number of carbonyl (C=O) groups is 1. The Morgan fingerprint density at radius 1 is 0.893 bits per heavy atom. The van der Waals surface area contributed by atoms with Crippen LogP contribution in [-0.4, -0.2) is 55.1 Å². The van der Waals surface area contributed by atoms with Crippen LogP contribution >= 0.6 is 0 Å². The first-order chi connectivity index (χ1) is 13.6. The second kappa shape index (κ2) is 8.21. The lowest BCUT2D eigenvalue weighted by Gasteiger charge is -2.37. The molecule has 0 unspecified atom stereocenters. The Morgan fingerprint density at radius 2 is 1.64 bits per heavy atom. The summed E-state index contributed by atoms with van der Waals surface area (Å²) in [7, 11) is 0. The number of anilines is 2. The van der Waals surface area contributed by atoms with Gasteiger partial charge in [0.1, 0.15) is 0 Å². The molecule has 2 aliphatic rings. The molecule has 1 aromatic heterocycles. The van der Waals surface area contributed by atoms with E-state index in [2.05, 4.69) is 46.8 Å². The molecule has 0 N–H and O–H groups in total. The molecule has 0 saturated carbocycles. The highest BCUT2D eigenvalue weighted by atomic mass is 16.2. The molecule has 2 aliphatic heterocycles. The summed E-state index contributed by atoms with van der Waals surface area (Å²) in [6, 6.07) is 8.48. The van der Waals surface area contributed by atoms with E-state index in [-0.39, 0.29) is 5.91 Å². The van der Waals surface area contributed by atoms with Crippen LogP contribution in [0.15, 0.2) is 36.7 Å². The number of benzene rings is 1. The van der Waals surface area contributed by atoms with E-state index in [0.717, 1.165) is 45.0 Å². The molecule has 2 saturated heterocycles. The highest BCUT2D eigenvalue weighted by molar-refractivity contribution is 5.95. The van der Waals surface area contributed by atoms with E-state index in [1.165, 1.54) is 36.1 Å². The molecule has 0 radical (unpaired) electrons. The number of piperidine rings is 1. The second-order valence-corrected chi connectivity index (χ2v) is 7.98. The number of pyridine rings is 1. The first-order valence-corrected chi connectivity index (χ1v) is 10.4. The smallest absolute Gasteiger partial charge is 0.255 e. The maximum Gasteiger partial charge on any atom is 0.255 e. The lowest BCUT2D eigenvalue weighted by Crippen LogP contribution is -2.49. The zero-order chi connectivity index (χ0) is 19.5. The van der Waals surface area contributed by atoms with E-state index >= 15 is 0 Å². The minimum absolute atomic E-state index is 0.104. The van der Waals surface area contributed by atoms with Crippen LogP contribution in [-0.2, 0) is 0 Å². The molecule has 3 heterocycles. The summed E-state index contributed by atoms with van der Waals surface area (Å²) in [5.41, 5.74) is 5.74. The number of aryl methyl sites for hydroxylation is 1. The lowest BCUT2D eigenvalue weighted by atomic mass is 10.1. The molecular formula is C23H30N4O. The predicted octanol–water partition coefficient (Wildman–Crippen LogP) is 3.65. The van der Waals surface area contributed by atoms with Crippen LogP contribution in [0.1, 0.15) is 40.7 Å². The van der Waals surface area contributed by atoms with Gasteiger partial charge in [-0.3, -0.25) is 9.78 Å². The van der Waals surface area contributed by atoms with Crippen molar-refractivity contribution in [1.82, 2.24) is 9.88 Å². The third kappa shape index (κ3) is 3.84. The molecule has 5 heteroatoms. The number of aromatic nitrogens is 1. The first-order valence-electron chi connectivity index (χ1n) is 10.4. The zero-order valence-electron chi connectivity index (χ0n) is 17.0. The molecular weight excluding hydrogens is 348 g/mol. The molecule has 0 aliphatic carbocycles. The fourth-order valence-corrected chi connectivity index (χ4v) is 4.28. The molecule has 0 bridgehead atoms. The molecule has 148 valence electrons. The summed E-state index contributed by atoms with van der Waals surface area (Å²) in [6.07, 6.45) is 7.34. The summed E-state index contributed by atoms with van der Waals surface area (Å²) < 4.78 is 0. The van der Waals surface area contributed by atoms with E-state index in [0.29, 0.717) is 5.56 Å². The third-order valence-electron chi connectivity index (χ3n) is 6.18. The zero-order valence-corrected chi connectivity index (χ0v) is 17.0. The summed E-state index contributed by atoms with van der Waals surface area (Å²) in [5, 5.41) is 0. The van der Waals surface area contributed by atoms with Crippen LogP contribution < -0.4 is 9.80 Å². The lowest BCUT2D eigenvalue weighted by molar-refractivity contribution is 0.0746. The van der Waals surface area contributed by atoms with Crippen molar-refractivity contribution >= 4 is 17.3 Å². The molecule has 2 aromatic rings. The van der Waals surface area contributed by atoms with Gasteiger partial charge in [0.25, 0.3) is 5.91 Å². The van der Waals surface area contributed by atoms with Crippen molar-refractivity contribution in [1.29, 1.82) is 0 Å². The number of hydrogen-bond donors (Lipinski definition) is 0. The number of rotatable bonds is 3. The Bertz CT molecular complexity index is 836. The topological polar surface area (TPSA) is 39.7 Å². The van der Waals surface area contributed by atoms with Gasteiger partial charge in [0.2, 0.25) is 0 Å². The van der Waals surface area contributed by atoms with Gasteiger partial charge in [-0.15, -0.1) is 0 Å². The monoisotopic (exact) mass is 378 g/mol. The van der Waals surface area contributed by atoms with Gasteiger partial charge >= 0.3 is 0 Å². The quantitative estimate of drug-likeness (QED) is 0.817. The molecule has 0 atom stereocenters. The van der Waals surface area contributed by atoms with E-state index in [1.807, 2.05) is 17.2 Å². The van der Waals surface area contributed by atoms with Crippen molar-refractivity contribution in [2.45, 2.75) is 33.1 Å². The predicted molar refractivity (Wildman–Crippen MR) is 114 cm³/mol. The van der Waals surface area contributed by atoms with Gasteiger partial charge < -0.3 is 14.7 Å². The van der Waals surface area contributed by atoms with Crippen molar-refractivity contribution in [3.63, 3.8) is 0 Å². The van der Waals surface area contributed by atoms with Gasteiger partial charge in [-0.05, 0) is 56.4 Å². The Kier molecular flexibility index (Phi) is 5.51. The third-order valence-corrected chi connectivity index (χ3v) is 6.18. The molecule has 1 aromatic carbocycles. The van der Waals surface area contributed by atoms with Crippen LogP contribution in [0.5, 0.6) is 0 Å². The number of carbonyl (C=O) groups excluding carboxylic acids is 1. The molecule has 4 rings (SSSR count). The van der Waals surface area contributed by atoms with Crippen LogP contribution in [0, 0.1) is 13.8 Å². The SMILES string of the molecule is Cc1cccc(N2CCN(C(=O)c3cncc(N4CCCCC4)c3)CC2)c1C. The normalized spacial score (nSPS) is 17.7. The van der Waals surface area contributed by atoms with Crippen molar-refractivity contribution in [2.75, 3.05) is 49.1 Å². The van der Waals surface area contributed by atoms with Crippen molar-refractivity contribution in [3.05, 3.63) is 53.3 Å². The van der Waals surface area contributed by atoms with E-state index in [9.17, 15) is 4.79 Å². The fraction of sp³-hybridized carbons (Fsp3) is 0.478. The minimum Gasteiger partial charge on any atom is -0.370 e. The van der Waals surface area contributed by atoms with Gasteiger partial charge in [0, 0.05) is 51.2 Å². The second-order valence-electron chi connectivity index (χ2n) is 7.98. The Morgan fingerprint density at radius 3 is 2.39 bits per heavy atom. The average molecular weight is 379 g/mol. The van der Waals surface area contributed by atoms with E-state index in [1.54, 1.807) is 6.20 Å². The standard InChI is InChI=1S/C23H30N4O/c1-18-7-6-8-22(19(18)2)26-11-13-27(14-12-26)23(28)20-15-21(17-24-16-20)25-9-4-3-5-10-25/h6-8,15-17H,3-5,9-14H2,1-2H3. The van der Waals surface area contributed by atoms with Crippen LogP contribution in [0.3, 0.4) is 0 Å². The van der Waals surface area contributed by atoms with Gasteiger partial charge in [-0.25, -0.2) is 0 Å². The maximum absolute atomic E-state index is 13.0. The van der Waals surface area contributed by atoms with Gasteiger partial charge in [-0.1, -0.05) is 12.1 Å². The molecule has 5 nitrogen and oxygen atoms in total. The van der Waals surface area contributed by atoms with Gasteiger partial charge in [0.15, 0.2) is 0 Å². The largest absolute Gasteiger partial charge is 0.370 e. The van der Waals surface area contributed by atoms with Crippen molar-refractivity contribution in [2.24, 2.45) is 0 Å². The van der Waals surface area contributed by atoms with Crippen molar-refractivity contribution in [3.8, 4) is 0 Å². The molecule has 28 heavy (non-hydrogen) atoms. The molecule has 1 amide bonds. The Balaban J connectivity index is 1.42. The van der Waals surface area contributed by atoms with Gasteiger partial charge in [-0.2, -0.15) is 0 Å². The van der Waals surface area contributed by atoms with Crippen LogP contribution in [0.2, 0.25) is 0 Å². The Hall–Kier alpha value is -2.56. The van der Waals surface area contributed by atoms with Crippen LogP contribution in [0.4, 0.5) is 11.4 Å². The number of piperazine rings is 1. The van der Waals surface area contributed by atoms with E-state index < -0.39 is 0 Å². The average Bonchev–Trinajstić information content (AvgIpc) is 2.76. The van der Waals surface area contributed by atoms with E-state index in [4.69, 9.17) is 0 Å². The Labute approximate surface area is 168 Å². The number of hydrogen-bond acceptors (Lipinski definition) is 4. The number of amides is 1. The van der Waals surface area contributed by atoms with Crippen LogP contribution in [0.25, 0.3) is 0 Å². The first kappa shape index (κ1) is 18.8. The molecule has 0 spiro atoms. The highest BCUT2D eigenvalue weighted by Crippen LogP contribution is 2.25.